The minimum atomic E-state index is -0.871. The number of hydrogen-bond acceptors (Lipinski definition) is 5. The molecule has 100 valence electrons. The molecule has 1 aliphatic heterocycles. The van der Waals surface area contributed by atoms with Crippen LogP contribution in [0.25, 0.3) is 0 Å². The molecule has 0 spiro atoms. The monoisotopic (exact) mass is 262 g/mol. The Morgan fingerprint density at radius 2 is 2.21 bits per heavy atom. The predicted molar refractivity (Wildman–Crippen MR) is 67.8 cm³/mol. The zero-order chi connectivity index (χ0) is 13.8. The second-order valence-corrected chi connectivity index (χ2v) is 4.28. The minimum Gasteiger partial charge on any atom is -0.481 e. The predicted octanol–water partition coefficient (Wildman–Crippen LogP) is 1.13. The van der Waals surface area contributed by atoms with Crippen LogP contribution in [0.1, 0.15) is 31.4 Å². The largest absolute Gasteiger partial charge is 0.481 e. The zero-order valence-corrected chi connectivity index (χ0v) is 10.5. The van der Waals surface area contributed by atoms with Crippen LogP contribution in [0.5, 0.6) is 0 Å². The molecule has 0 aromatic carbocycles. The molecule has 0 atom stereocenters. The molecule has 7 heteroatoms. The summed E-state index contributed by atoms with van der Waals surface area (Å²) in [6.45, 7) is 1.80. The zero-order valence-electron chi connectivity index (χ0n) is 10.5. The van der Waals surface area contributed by atoms with E-state index in [-0.39, 0.29) is 12.3 Å². The van der Waals surface area contributed by atoms with Crippen molar-refractivity contribution in [1.29, 1.82) is 0 Å². The summed E-state index contributed by atoms with van der Waals surface area (Å²) in [7, 11) is 0. The lowest BCUT2D eigenvalue weighted by Crippen LogP contribution is -2.32. The number of nitrogens with zero attached hydrogens (tertiary/aromatic N) is 4. The van der Waals surface area contributed by atoms with Crippen molar-refractivity contribution in [2.24, 2.45) is 5.10 Å². The van der Waals surface area contributed by atoms with E-state index >= 15 is 0 Å². The van der Waals surface area contributed by atoms with Gasteiger partial charge < -0.3 is 5.11 Å². The first-order valence-electron chi connectivity index (χ1n) is 5.96. The maximum atomic E-state index is 11.8. The maximum Gasteiger partial charge on any atom is 0.303 e. The number of aromatic nitrogens is 2. The van der Waals surface area contributed by atoms with Crippen LogP contribution in [0.3, 0.4) is 0 Å². The molecule has 0 radical (unpaired) electrons. The van der Waals surface area contributed by atoms with Gasteiger partial charge >= 0.3 is 5.97 Å². The van der Waals surface area contributed by atoms with Gasteiger partial charge in [0.05, 0.1) is 6.42 Å². The Morgan fingerprint density at radius 3 is 2.89 bits per heavy atom. The number of anilines is 1. The first-order chi connectivity index (χ1) is 9.06. The first-order valence-corrected chi connectivity index (χ1v) is 5.96. The van der Waals surface area contributed by atoms with Crippen LogP contribution in [-0.4, -0.2) is 32.7 Å². The Morgan fingerprint density at radius 1 is 1.42 bits per heavy atom. The van der Waals surface area contributed by atoms with E-state index in [1.165, 1.54) is 11.3 Å². The van der Waals surface area contributed by atoms with Crippen LogP contribution in [0, 0.1) is 6.92 Å². The van der Waals surface area contributed by atoms with Crippen molar-refractivity contribution in [1.82, 2.24) is 9.97 Å². The molecule has 1 aromatic heterocycles. The molecule has 7 nitrogen and oxygen atoms in total. The molecule has 1 aromatic rings. The summed E-state index contributed by atoms with van der Waals surface area (Å²) < 4.78 is 0. The summed E-state index contributed by atoms with van der Waals surface area (Å²) in [4.78, 5) is 30.4. The molecule has 1 amide bonds. The molecule has 19 heavy (non-hydrogen) atoms. The molecule has 0 saturated carbocycles. The van der Waals surface area contributed by atoms with Crippen LogP contribution < -0.4 is 5.01 Å². The third-order valence-electron chi connectivity index (χ3n) is 2.74. The topological polar surface area (TPSA) is 95.8 Å². The summed E-state index contributed by atoms with van der Waals surface area (Å²) in [5, 5.41) is 14.1. The third kappa shape index (κ3) is 3.34. The number of carbonyl (C=O) groups is 2. The van der Waals surface area contributed by atoms with E-state index < -0.39 is 5.97 Å². The number of aryl methyl sites for hydroxylation is 1. The van der Waals surface area contributed by atoms with Gasteiger partial charge in [-0.15, -0.1) is 0 Å². The highest BCUT2D eigenvalue weighted by atomic mass is 16.4. The van der Waals surface area contributed by atoms with Crippen LogP contribution in [0.4, 0.5) is 5.82 Å². The Labute approximate surface area is 110 Å². The fourth-order valence-corrected chi connectivity index (χ4v) is 1.77. The number of rotatable bonds is 4. The Bertz CT molecular complexity index is 542. The normalized spacial score (nSPS) is 15.3. The second-order valence-electron chi connectivity index (χ2n) is 4.28. The SMILES string of the molecule is Cc1cc(N2N=C(CCC(=O)O)CCC2=O)ncn1. The van der Waals surface area contributed by atoms with E-state index in [9.17, 15) is 9.59 Å². The van der Waals surface area contributed by atoms with E-state index in [1.54, 1.807) is 13.0 Å². The Kier molecular flexibility index (Phi) is 3.84. The molecular formula is C12H14N4O3. The maximum absolute atomic E-state index is 11.8. The third-order valence-corrected chi connectivity index (χ3v) is 2.74. The minimum absolute atomic E-state index is 0.0175. The summed E-state index contributed by atoms with van der Waals surface area (Å²) in [5.74, 6) is -0.591. The second kappa shape index (κ2) is 5.55. The fourth-order valence-electron chi connectivity index (χ4n) is 1.77. The fraction of sp³-hybridized carbons (Fsp3) is 0.417. The molecular weight excluding hydrogens is 248 g/mol. The van der Waals surface area contributed by atoms with Crippen molar-refractivity contribution in [3.8, 4) is 0 Å². The molecule has 0 fully saturated rings. The van der Waals surface area contributed by atoms with Crippen molar-refractivity contribution < 1.29 is 14.7 Å². The highest BCUT2D eigenvalue weighted by Gasteiger charge is 2.23. The van der Waals surface area contributed by atoms with E-state index in [4.69, 9.17) is 5.11 Å². The molecule has 1 aliphatic rings. The van der Waals surface area contributed by atoms with Gasteiger partial charge in [0.15, 0.2) is 5.82 Å². The van der Waals surface area contributed by atoms with Gasteiger partial charge in [-0.1, -0.05) is 0 Å². The molecule has 0 unspecified atom stereocenters. The number of hydrazone groups is 1. The number of aliphatic carboxylic acids is 1. The summed E-state index contributed by atoms with van der Waals surface area (Å²) in [6.07, 6.45) is 2.57. The number of hydrogen-bond donors (Lipinski definition) is 1. The molecule has 2 heterocycles. The van der Waals surface area contributed by atoms with Gasteiger partial charge in [0.25, 0.3) is 0 Å². The van der Waals surface area contributed by atoms with Crippen molar-refractivity contribution in [2.45, 2.75) is 32.6 Å². The van der Waals surface area contributed by atoms with E-state index in [1.807, 2.05) is 0 Å². The molecule has 0 aliphatic carbocycles. The Hall–Kier alpha value is -2.31. The summed E-state index contributed by atoms with van der Waals surface area (Å²) in [5.41, 5.74) is 1.45. The summed E-state index contributed by atoms with van der Waals surface area (Å²) >= 11 is 0. The van der Waals surface area contributed by atoms with Crippen LogP contribution in [-0.2, 0) is 9.59 Å². The van der Waals surface area contributed by atoms with Crippen molar-refractivity contribution in [2.75, 3.05) is 5.01 Å². The van der Waals surface area contributed by atoms with Crippen molar-refractivity contribution in [3.63, 3.8) is 0 Å². The van der Waals surface area contributed by atoms with Gasteiger partial charge in [-0.3, -0.25) is 9.59 Å². The van der Waals surface area contributed by atoms with Gasteiger partial charge in [0, 0.05) is 23.9 Å². The van der Waals surface area contributed by atoms with Crippen LogP contribution in [0.2, 0.25) is 0 Å². The lowest BCUT2D eigenvalue weighted by molar-refractivity contribution is -0.136. The van der Waals surface area contributed by atoms with Gasteiger partial charge in [-0.25, -0.2) is 9.97 Å². The number of carboxylic acids is 1. The summed E-state index contributed by atoms with van der Waals surface area (Å²) in [6, 6.07) is 1.67. The van der Waals surface area contributed by atoms with E-state index in [0.29, 0.717) is 30.8 Å². The smallest absolute Gasteiger partial charge is 0.303 e. The van der Waals surface area contributed by atoms with Gasteiger partial charge in [-0.05, 0) is 19.8 Å². The lowest BCUT2D eigenvalue weighted by atomic mass is 10.1. The number of amides is 1. The molecule has 1 N–H and O–H groups in total. The van der Waals surface area contributed by atoms with Crippen molar-refractivity contribution in [3.05, 3.63) is 18.1 Å². The number of carbonyl (C=O) groups excluding carboxylic acids is 1. The average molecular weight is 262 g/mol. The van der Waals surface area contributed by atoms with Gasteiger partial charge in [-0.2, -0.15) is 10.1 Å². The van der Waals surface area contributed by atoms with Gasteiger partial charge in [0.1, 0.15) is 6.33 Å². The van der Waals surface area contributed by atoms with E-state index in [2.05, 4.69) is 15.1 Å². The van der Waals surface area contributed by atoms with Crippen molar-refractivity contribution >= 4 is 23.4 Å². The van der Waals surface area contributed by atoms with Gasteiger partial charge in [0.2, 0.25) is 5.91 Å². The first kappa shape index (κ1) is 13.1. The van der Waals surface area contributed by atoms with E-state index in [0.717, 1.165) is 5.69 Å². The highest BCUT2D eigenvalue weighted by molar-refractivity contribution is 6.01. The Balaban J connectivity index is 2.20. The lowest BCUT2D eigenvalue weighted by Gasteiger charge is -2.22. The molecule has 2 rings (SSSR count). The van der Waals surface area contributed by atoms with Crippen LogP contribution >= 0.6 is 0 Å². The quantitative estimate of drug-likeness (QED) is 0.877. The highest BCUT2D eigenvalue weighted by Crippen LogP contribution is 2.19. The molecule has 0 saturated heterocycles. The average Bonchev–Trinajstić information content (AvgIpc) is 2.37. The van der Waals surface area contributed by atoms with Crippen LogP contribution in [0.15, 0.2) is 17.5 Å². The number of carboxylic acid groups (broad SMARTS) is 1. The standard InChI is InChI=1S/C12H14N4O3/c1-8-6-10(14-7-13-8)16-11(17)4-2-9(15-16)3-5-12(18)19/h6-7H,2-5H2,1H3,(H,18,19). The molecule has 0 bridgehead atoms.